The number of aliphatic carboxylic acids is 1. The minimum absolute atomic E-state index is 0.0723. The van der Waals surface area contributed by atoms with Crippen LogP contribution in [0.5, 0.6) is 5.75 Å². The predicted octanol–water partition coefficient (Wildman–Crippen LogP) is 3.04. The second-order valence-corrected chi connectivity index (χ2v) is 6.54. The number of ether oxygens (including phenoxy) is 1. The van der Waals surface area contributed by atoms with Crippen molar-refractivity contribution in [2.75, 3.05) is 6.61 Å². The van der Waals surface area contributed by atoms with E-state index in [2.05, 4.69) is 27.7 Å². The Morgan fingerprint density at radius 2 is 2.00 bits per heavy atom. The van der Waals surface area contributed by atoms with Crippen molar-refractivity contribution in [1.82, 2.24) is 0 Å². The van der Waals surface area contributed by atoms with Gasteiger partial charge in [-0.3, -0.25) is 4.79 Å². The van der Waals surface area contributed by atoms with Crippen molar-refractivity contribution in [1.29, 1.82) is 0 Å². The SMILES string of the molecule is CCCOc1c(C)cc(CC(N)C(=O)O)cc1C(C)(C)C. The number of rotatable bonds is 6. The molecule has 1 rings (SSSR count). The minimum atomic E-state index is -0.976. The lowest BCUT2D eigenvalue weighted by atomic mass is 9.83. The molecule has 3 N–H and O–H groups in total. The van der Waals surface area contributed by atoms with E-state index in [0.717, 1.165) is 28.9 Å². The molecular weight excluding hydrogens is 266 g/mol. The van der Waals surface area contributed by atoms with Gasteiger partial charge >= 0.3 is 5.97 Å². The lowest BCUT2D eigenvalue weighted by molar-refractivity contribution is -0.138. The predicted molar refractivity (Wildman–Crippen MR) is 85.0 cm³/mol. The summed E-state index contributed by atoms with van der Waals surface area (Å²) in [6, 6.07) is 3.13. The number of carboxylic acids is 1. The molecule has 0 saturated carbocycles. The Morgan fingerprint density at radius 3 is 2.48 bits per heavy atom. The molecule has 1 atom stereocenters. The summed E-state index contributed by atoms with van der Waals surface area (Å²) in [6.07, 6.45) is 1.28. The third kappa shape index (κ3) is 4.74. The summed E-state index contributed by atoms with van der Waals surface area (Å²) in [4.78, 5) is 10.9. The molecule has 0 aromatic heterocycles. The number of aryl methyl sites for hydroxylation is 1. The molecule has 0 spiro atoms. The third-order valence-electron chi connectivity index (χ3n) is 3.37. The van der Waals surface area contributed by atoms with Gasteiger partial charge in [0, 0.05) is 5.56 Å². The van der Waals surface area contributed by atoms with Gasteiger partial charge in [0.15, 0.2) is 0 Å². The van der Waals surface area contributed by atoms with Crippen molar-refractivity contribution >= 4 is 5.97 Å². The van der Waals surface area contributed by atoms with Crippen molar-refractivity contribution in [2.24, 2.45) is 5.73 Å². The molecule has 4 nitrogen and oxygen atoms in total. The summed E-state index contributed by atoms with van der Waals surface area (Å²) in [5.41, 5.74) is 8.65. The molecule has 0 aliphatic carbocycles. The van der Waals surface area contributed by atoms with Crippen LogP contribution in [0.4, 0.5) is 0 Å². The van der Waals surface area contributed by atoms with Crippen LogP contribution in [0.2, 0.25) is 0 Å². The molecular formula is C17H27NO3. The summed E-state index contributed by atoms with van der Waals surface area (Å²) in [6.45, 7) is 11.1. The van der Waals surface area contributed by atoms with Crippen LogP contribution < -0.4 is 10.5 Å². The molecule has 0 bridgehead atoms. The first-order valence-electron chi connectivity index (χ1n) is 7.42. The Bertz CT molecular complexity index is 503. The number of carboxylic acid groups (broad SMARTS) is 1. The van der Waals surface area contributed by atoms with Crippen molar-refractivity contribution in [2.45, 2.75) is 58.9 Å². The highest BCUT2D eigenvalue weighted by atomic mass is 16.5. The quantitative estimate of drug-likeness (QED) is 0.845. The Balaban J connectivity index is 3.21. The van der Waals surface area contributed by atoms with Crippen LogP contribution in [-0.2, 0) is 16.6 Å². The number of hydrogen-bond donors (Lipinski definition) is 2. The first-order chi connectivity index (χ1) is 9.66. The zero-order valence-corrected chi connectivity index (χ0v) is 13.7. The highest BCUT2D eigenvalue weighted by Crippen LogP contribution is 2.35. The molecule has 0 aliphatic rings. The van der Waals surface area contributed by atoms with Gasteiger partial charge in [-0.05, 0) is 36.3 Å². The summed E-state index contributed by atoms with van der Waals surface area (Å²) in [7, 11) is 0. The molecule has 0 saturated heterocycles. The van der Waals surface area contributed by atoms with Gasteiger partial charge in [0.2, 0.25) is 0 Å². The first-order valence-corrected chi connectivity index (χ1v) is 7.42. The first kappa shape index (κ1) is 17.5. The Kier molecular flexibility index (Phi) is 5.78. The second kappa shape index (κ2) is 6.94. The van der Waals surface area contributed by atoms with Gasteiger partial charge in [-0.25, -0.2) is 0 Å². The van der Waals surface area contributed by atoms with Gasteiger partial charge in [-0.1, -0.05) is 39.8 Å². The number of benzene rings is 1. The normalized spacial score (nSPS) is 13.0. The van der Waals surface area contributed by atoms with E-state index in [1.54, 1.807) is 0 Å². The monoisotopic (exact) mass is 293 g/mol. The fourth-order valence-electron chi connectivity index (χ4n) is 2.26. The standard InChI is InChI=1S/C17H27NO3/c1-6-7-21-15-11(2)8-12(10-14(18)16(19)20)9-13(15)17(3,4)5/h8-9,14H,6-7,10,18H2,1-5H3,(H,19,20). The van der Waals surface area contributed by atoms with E-state index in [4.69, 9.17) is 15.6 Å². The Hall–Kier alpha value is -1.55. The van der Waals surface area contributed by atoms with Gasteiger partial charge < -0.3 is 15.6 Å². The van der Waals surface area contributed by atoms with Crippen LogP contribution in [0.1, 0.15) is 50.8 Å². The smallest absolute Gasteiger partial charge is 0.320 e. The zero-order valence-electron chi connectivity index (χ0n) is 13.7. The summed E-state index contributed by atoms with van der Waals surface area (Å²) in [5, 5.41) is 8.96. The average molecular weight is 293 g/mol. The second-order valence-electron chi connectivity index (χ2n) is 6.54. The largest absolute Gasteiger partial charge is 0.493 e. The lowest BCUT2D eigenvalue weighted by Crippen LogP contribution is -2.32. The highest BCUT2D eigenvalue weighted by Gasteiger charge is 2.22. The molecule has 1 aromatic rings. The van der Waals surface area contributed by atoms with Crippen molar-refractivity contribution in [3.63, 3.8) is 0 Å². The van der Waals surface area contributed by atoms with Gasteiger partial charge in [-0.2, -0.15) is 0 Å². The highest BCUT2D eigenvalue weighted by molar-refractivity contribution is 5.73. The van der Waals surface area contributed by atoms with Crippen LogP contribution in [0.15, 0.2) is 12.1 Å². The molecule has 118 valence electrons. The van der Waals surface area contributed by atoms with E-state index in [1.165, 1.54) is 0 Å². The maximum Gasteiger partial charge on any atom is 0.320 e. The van der Waals surface area contributed by atoms with Gasteiger partial charge in [0.25, 0.3) is 0 Å². The van der Waals surface area contributed by atoms with E-state index in [-0.39, 0.29) is 5.41 Å². The fraction of sp³-hybridized carbons (Fsp3) is 0.588. The summed E-state index contributed by atoms with van der Waals surface area (Å²) in [5.74, 6) is -0.0618. The molecule has 0 amide bonds. The van der Waals surface area contributed by atoms with Gasteiger partial charge in [-0.15, -0.1) is 0 Å². The molecule has 0 radical (unpaired) electrons. The third-order valence-corrected chi connectivity index (χ3v) is 3.37. The van der Waals surface area contributed by atoms with Crippen LogP contribution in [-0.4, -0.2) is 23.7 Å². The minimum Gasteiger partial charge on any atom is -0.493 e. The molecule has 1 unspecified atom stereocenters. The molecule has 4 heteroatoms. The Morgan fingerprint density at radius 1 is 1.38 bits per heavy atom. The summed E-state index contributed by atoms with van der Waals surface area (Å²) < 4.78 is 5.90. The number of nitrogens with two attached hydrogens (primary N) is 1. The van der Waals surface area contributed by atoms with Crippen LogP contribution >= 0.6 is 0 Å². The van der Waals surface area contributed by atoms with E-state index < -0.39 is 12.0 Å². The van der Waals surface area contributed by atoms with Crippen molar-refractivity contribution in [3.05, 3.63) is 28.8 Å². The average Bonchev–Trinajstić information content (AvgIpc) is 2.35. The van der Waals surface area contributed by atoms with Crippen LogP contribution in [0, 0.1) is 6.92 Å². The van der Waals surface area contributed by atoms with E-state index in [0.29, 0.717) is 13.0 Å². The topological polar surface area (TPSA) is 72.5 Å². The van der Waals surface area contributed by atoms with Crippen LogP contribution in [0.3, 0.4) is 0 Å². The Labute approximate surface area is 127 Å². The van der Waals surface area contributed by atoms with Gasteiger partial charge in [0.05, 0.1) is 6.61 Å². The number of carbonyl (C=O) groups is 1. The zero-order chi connectivity index (χ0) is 16.2. The molecule has 0 aliphatic heterocycles. The maximum atomic E-state index is 10.9. The molecule has 1 aromatic carbocycles. The number of hydrogen-bond acceptors (Lipinski definition) is 3. The molecule has 0 fully saturated rings. The summed E-state index contributed by atoms with van der Waals surface area (Å²) >= 11 is 0. The van der Waals surface area contributed by atoms with Gasteiger partial charge in [0.1, 0.15) is 11.8 Å². The van der Waals surface area contributed by atoms with Crippen LogP contribution in [0.25, 0.3) is 0 Å². The van der Waals surface area contributed by atoms with Crippen molar-refractivity contribution in [3.8, 4) is 5.75 Å². The molecule has 21 heavy (non-hydrogen) atoms. The molecule has 0 heterocycles. The van der Waals surface area contributed by atoms with E-state index in [1.807, 2.05) is 19.1 Å². The lowest BCUT2D eigenvalue weighted by Gasteiger charge is -2.25. The van der Waals surface area contributed by atoms with E-state index >= 15 is 0 Å². The maximum absolute atomic E-state index is 10.9. The van der Waals surface area contributed by atoms with Crippen molar-refractivity contribution < 1.29 is 14.6 Å². The fourth-order valence-corrected chi connectivity index (χ4v) is 2.26. The van der Waals surface area contributed by atoms with E-state index in [9.17, 15) is 4.79 Å².